The minimum Gasteiger partial charge on any atom is -0.481 e. The molecule has 9 N–H and O–H groups in total. The van der Waals surface area contributed by atoms with E-state index in [1.807, 2.05) is 58.0 Å². The number of hydrogen-bond acceptors (Lipinski definition) is 9. The average Bonchev–Trinajstić information content (AvgIpc) is 4.17. The third-order valence-corrected chi connectivity index (χ3v) is 17.9. The highest BCUT2D eigenvalue weighted by molar-refractivity contribution is 5.98. The van der Waals surface area contributed by atoms with E-state index in [1.54, 1.807) is 0 Å². The summed E-state index contributed by atoms with van der Waals surface area (Å²) < 4.78 is 0. The second-order valence-electron chi connectivity index (χ2n) is 23.1. The Morgan fingerprint density at radius 3 is 1.09 bits per heavy atom. The van der Waals surface area contributed by atoms with Crippen molar-refractivity contribution in [1.82, 2.24) is 45.2 Å². The molecule has 2 atom stereocenters. The number of nitrogens with one attached hydrogen (secondary N) is 5. The Hall–Kier alpha value is -8.96. The molecule has 0 amide bonds. The summed E-state index contributed by atoms with van der Waals surface area (Å²) in [7, 11) is 0. The average molecular weight is 1150 g/mol. The van der Waals surface area contributed by atoms with E-state index in [1.165, 1.54) is 0 Å². The van der Waals surface area contributed by atoms with Crippen LogP contribution in [-0.2, 0) is 32.0 Å². The summed E-state index contributed by atoms with van der Waals surface area (Å²) in [5.41, 5.74) is 27.4. The largest absolute Gasteiger partial charge is 0.481 e. The summed E-state index contributed by atoms with van der Waals surface area (Å²) in [6.45, 7) is 24.9. The molecule has 0 saturated heterocycles. The standard InChI is InChI=1S/C68H75N9O8/c1-13-41-31(3)47-23-49-33(5)43(15-19-63(78)79)57(72-49)29-59-45(17-21-65(82)83)35(7)51(74-59)27-61-67(37(9)53(76-61)25-55(41)70-47)39(11)69-40(12)68-38(10)54-26-56-42(14-2)32(4)48(71-56)24-50-34(6)44(16-20-64(80)81)58(73-50)30-60-46(18-22-66(84)85)36(8)52(75-60)28-62(68)77-54/h23-30,39-40,69-70,73,76-77H,13-22H2,1-12H3,(H,78,79)(H,80,81)(H,82,83)(H,84,85). The number of carbonyl (C=O) groups is 4. The van der Waals surface area contributed by atoms with Crippen molar-refractivity contribution in [2.45, 2.75) is 159 Å². The van der Waals surface area contributed by atoms with Gasteiger partial charge < -0.3 is 45.7 Å². The van der Waals surface area contributed by atoms with Crippen LogP contribution in [0.4, 0.5) is 0 Å². The summed E-state index contributed by atoms with van der Waals surface area (Å²) >= 11 is 0. The van der Waals surface area contributed by atoms with E-state index < -0.39 is 23.9 Å². The van der Waals surface area contributed by atoms with Gasteiger partial charge in [-0.15, -0.1) is 0 Å². The smallest absolute Gasteiger partial charge is 0.303 e. The van der Waals surface area contributed by atoms with Crippen molar-refractivity contribution in [3.05, 3.63) is 139 Å². The molecule has 0 spiro atoms. The van der Waals surface area contributed by atoms with Crippen LogP contribution in [0, 0.1) is 27.7 Å². The van der Waals surface area contributed by atoms with E-state index in [4.69, 9.17) is 19.9 Å². The molecule has 16 bridgehead atoms. The maximum absolute atomic E-state index is 12.2. The van der Waals surface area contributed by atoms with Gasteiger partial charge in [0.1, 0.15) is 0 Å². The first kappa shape index (κ1) is 59.2. The molecule has 10 rings (SSSR count). The van der Waals surface area contributed by atoms with Gasteiger partial charge in [0.05, 0.1) is 45.6 Å². The van der Waals surface area contributed by atoms with Gasteiger partial charge in [0.25, 0.3) is 0 Å². The van der Waals surface area contributed by atoms with Gasteiger partial charge in [-0.3, -0.25) is 19.2 Å². The van der Waals surface area contributed by atoms with Crippen molar-refractivity contribution in [2.24, 2.45) is 0 Å². The highest BCUT2D eigenvalue weighted by Crippen LogP contribution is 2.42. The fourth-order valence-corrected chi connectivity index (χ4v) is 13.1. The van der Waals surface area contributed by atoms with Crippen LogP contribution in [0.5, 0.6) is 0 Å². The molecule has 0 aliphatic carbocycles. The lowest BCUT2D eigenvalue weighted by atomic mass is 9.97. The van der Waals surface area contributed by atoms with Crippen molar-refractivity contribution >= 4 is 113 Å². The van der Waals surface area contributed by atoms with E-state index >= 15 is 0 Å². The van der Waals surface area contributed by atoms with Gasteiger partial charge in [-0.1, -0.05) is 13.8 Å². The summed E-state index contributed by atoms with van der Waals surface area (Å²) in [5.74, 6) is -3.68. The molecular formula is C68H75N9O8. The van der Waals surface area contributed by atoms with E-state index in [2.05, 4.69) is 98.8 Å². The number of H-pyrrole nitrogens is 4. The third kappa shape index (κ3) is 11.4. The maximum Gasteiger partial charge on any atom is 0.303 e. The van der Waals surface area contributed by atoms with Gasteiger partial charge >= 0.3 is 23.9 Å². The molecule has 2 unspecified atom stereocenters. The third-order valence-electron chi connectivity index (χ3n) is 17.9. The maximum atomic E-state index is 12.2. The monoisotopic (exact) mass is 1150 g/mol. The molecule has 17 heteroatoms. The summed E-state index contributed by atoms with van der Waals surface area (Å²) in [6, 6.07) is 15.7. The quantitative estimate of drug-likeness (QED) is 0.0388. The lowest BCUT2D eigenvalue weighted by molar-refractivity contribution is -0.137. The first-order chi connectivity index (χ1) is 40.4. The SMILES string of the molecule is CCC1=C(C)c2cc3[nH]c(cc4nc(cc5[nH]c(cc1n2)c(C)c5C(C)NC(C)c1c(C)c2cc5[nH]c(cc6nc(cc7nc(cc1[nH]2)C(C)=C7CCC(=O)O)C(CCC(=O)O)=C6C)c(C)c5CC)C(C)=C4CCC(=O)O)c(CCC(=O)O)c3C. The molecule has 6 aromatic heterocycles. The lowest BCUT2D eigenvalue weighted by Crippen LogP contribution is -2.23. The zero-order valence-corrected chi connectivity index (χ0v) is 50.6. The number of aromatic nitrogens is 8. The molecular weight excluding hydrogens is 1070 g/mol. The second kappa shape index (κ2) is 23.6. The predicted octanol–water partition coefficient (Wildman–Crippen LogP) is 14.9. The van der Waals surface area contributed by atoms with Gasteiger partial charge in [0.2, 0.25) is 0 Å². The number of rotatable bonds is 18. The first-order valence-corrected chi connectivity index (χ1v) is 29.4. The number of carboxylic acids is 4. The molecule has 4 aliphatic heterocycles. The zero-order chi connectivity index (χ0) is 61.0. The van der Waals surface area contributed by atoms with Gasteiger partial charge in [0, 0.05) is 81.9 Å². The lowest BCUT2D eigenvalue weighted by Gasteiger charge is -2.21. The summed E-state index contributed by atoms with van der Waals surface area (Å²) in [5, 5.41) is 43.6. The Bertz CT molecular complexity index is 4340. The Morgan fingerprint density at radius 1 is 0.376 bits per heavy atom. The molecule has 440 valence electrons. The Kier molecular flexibility index (Phi) is 16.4. The molecule has 17 nitrogen and oxygen atoms in total. The first-order valence-electron chi connectivity index (χ1n) is 29.4. The number of nitrogens with zero attached hydrogens (tertiary/aromatic N) is 4. The number of aliphatic carboxylic acids is 4. The van der Waals surface area contributed by atoms with Gasteiger partial charge in [-0.05, 0) is 245 Å². The number of allylic oxidation sites excluding steroid dienone is 8. The number of aromatic amines is 4. The van der Waals surface area contributed by atoms with Crippen LogP contribution < -0.4 is 5.32 Å². The van der Waals surface area contributed by atoms with Crippen LogP contribution in [0.25, 0.3) is 88.7 Å². The van der Waals surface area contributed by atoms with Gasteiger partial charge in [0.15, 0.2) is 0 Å². The number of aryl methyl sites for hydroxylation is 6. The van der Waals surface area contributed by atoms with Crippen molar-refractivity contribution in [1.29, 1.82) is 0 Å². The number of fused-ring (bicyclic) bond motifs is 16. The molecule has 4 aliphatic rings. The van der Waals surface area contributed by atoms with E-state index in [-0.39, 0.29) is 63.5 Å². The van der Waals surface area contributed by atoms with Crippen molar-refractivity contribution in [2.75, 3.05) is 0 Å². The molecule has 6 aromatic rings. The fraction of sp³-hybridized carbons (Fsp3) is 0.353. The van der Waals surface area contributed by atoms with Crippen LogP contribution >= 0.6 is 0 Å². The molecule has 0 saturated carbocycles. The Balaban J connectivity index is 1.19. The minimum atomic E-state index is -0.930. The normalized spacial score (nSPS) is 14.3. The van der Waals surface area contributed by atoms with E-state index in [0.29, 0.717) is 39.7 Å². The molecule has 10 heterocycles. The van der Waals surface area contributed by atoms with Crippen LogP contribution in [0.15, 0.2) is 48.5 Å². The van der Waals surface area contributed by atoms with Crippen LogP contribution in [0.2, 0.25) is 0 Å². The van der Waals surface area contributed by atoms with Crippen molar-refractivity contribution in [3.63, 3.8) is 0 Å². The van der Waals surface area contributed by atoms with Crippen LogP contribution in [0.3, 0.4) is 0 Å². The van der Waals surface area contributed by atoms with Crippen molar-refractivity contribution in [3.8, 4) is 0 Å². The van der Waals surface area contributed by atoms with Crippen molar-refractivity contribution < 1.29 is 39.6 Å². The van der Waals surface area contributed by atoms with E-state index in [0.717, 1.165) is 152 Å². The van der Waals surface area contributed by atoms with Gasteiger partial charge in [-0.25, -0.2) is 19.9 Å². The van der Waals surface area contributed by atoms with Crippen LogP contribution in [-0.4, -0.2) is 84.2 Å². The second-order valence-corrected chi connectivity index (χ2v) is 23.1. The molecule has 85 heavy (non-hydrogen) atoms. The van der Waals surface area contributed by atoms with Crippen LogP contribution in [0.1, 0.15) is 209 Å². The highest BCUT2D eigenvalue weighted by Gasteiger charge is 2.27. The minimum absolute atomic E-state index is 0.0712. The molecule has 0 radical (unpaired) electrons. The topological polar surface area (TPSA) is 276 Å². The number of carboxylic acid groups (broad SMARTS) is 4. The Labute approximate surface area is 493 Å². The summed E-state index contributed by atoms with van der Waals surface area (Å²) in [4.78, 5) is 84.1. The number of hydrogen-bond donors (Lipinski definition) is 9. The Morgan fingerprint density at radius 2 is 0.682 bits per heavy atom. The molecule has 0 fully saturated rings. The summed E-state index contributed by atoms with van der Waals surface area (Å²) in [6.07, 6.45) is 2.15. The predicted molar refractivity (Wildman–Crippen MR) is 337 cm³/mol. The highest BCUT2D eigenvalue weighted by atomic mass is 16.4. The van der Waals surface area contributed by atoms with Gasteiger partial charge in [-0.2, -0.15) is 0 Å². The zero-order valence-electron chi connectivity index (χ0n) is 50.6. The molecule has 0 aromatic carbocycles. The van der Waals surface area contributed by atoms with E-state index in [9.17, 15) is 39.6 Å². The fourth-order valence-electron chi connectivity index (χ4n) is 13.1.